The number of carboxylic acids is 1. The van der Waals surface area contributed by atoms with E-state index >= 15 is 0 Å². The summed E-state index contributed by atoms with van der Waals surface area (Å²) in [5.41, 5.74) is 2.74. The van der Waals surface area contributed by atoms with Crippen molar-refractivity contribution < 1.29 is 37.3 Å². The number of hydrogen-bond acceptors (Lipinski definition) is 12. The Balaban J connectivity index is 1.17. The van der Waals surface area contributed by atoms with Gasteiger partial charge < -0.3 is 38.9 Å². The van der Waals surface area contributed by atoms with E-state index in [2.05, 4.69) is 32.1 Å². The third-order valence-corrected chi connectivity index (χ3v) is 9.65. The van der Waals surface area contributed by atoms with Gasteiger partial charge in [-0.3, -0.25) is 0 Å². The Morgan fingerprint density at radius 1 is 1.12 bits per heavy atom. The van der Waals surface area contributed by atoms with Crippen molar-refractivity contribution in [2.75, 3.05) is 55.1 Å². The van der Waals surface area contributed by atoms with E-state index in [1.54, 1.807) is 43.7 Å². The number of ether oxygens (including phenoxy) is 3. The van der Waals surface area contributed by atoms with Crippen LogP contribution in [-0.4, -0.2) is 94.8 Å². The minimum atomic E-state index is -2.98. The molecule has 13 nitrogen and oxygen atoms in total. The highest BCUT2D eigenvalue weighted by atomic mass is 19.3. The second-order valence-electron chi connectivity index (χ2n) is 12.5. The smallest absolute Gasteiger partial charge is 0.326 e. The van der Waals surface area contributed by atoms with Crippen LogP contribution >= 0.6 is 0 Å². The molecule has 0 unspecified atom stereocenters. The van der Waals surface area contributed by atoms with Crippen LogP contribution in [-0.2, 0) is 14.3 Å². The zero-order valence-electron chi connectivity index (χ0n) is 26.7. The van der Waals surface area contributed by atoms with Crippen molar-refractivity contribution in [3.8, 4) is 17.0 Å². The van der Waals surface area contributed by atoms with E-state index in [1.165, 1.54) is 4.90 Å². The van der Waals surface area contributed by atoms with Gasteiger partial charge in [-0.15, -0.1) is 0 Å². The molecule has 254 valence electrons. The Morgan fingerprint density at radius 3 is 2.71 bits per heavy atom. The third-order valence-electron chi connectivity index (χ3n) is 9.65. The van der Waals surface area contributed by atoms with Crippen LogP contribution in [0.3, 0.4) is 0 Å². The maximum atomic E-state index is 14.1. The van der Waals surface area contributed by atoms with Crippen LogP contribution in [0.15, 0.2) is 59.3 Å². The molecule has 1 aromatic carbocycles. The van der Waals surface area contributed by atoms with E-state index in [0.29, 0.717) is 49.0 Å². The molecule has 3 aliphatic heterocycles. The van der Waals surface area contributed by atoms with Crippen molar-refractivity contribution in [2.24, 2.45) is 0 Å². The fourth-order valence-electron chi connectivity index (χ4n) is 6.94. The summed E-state index contributed by atoms with van der Waals surface area (Å²) in [5.74, 6) is -0.867. The van der Waals surface area contributed by atoms with E-state index in [4.69, 9.17) is 23.6 Å². The predicted molar refractivity (Wildman–Crippen MR) is 175 cm³/mol. The number of furan rings is 1. The molecule has 0 radical (unpaired) electrons. The highest BCUT2D eigenvalue weighted by molar-refractivity contribution is 6.06. The van der Waals surface area contributed by atoms with Crippen LogP contribution in [0.25, 0.3) is 33.2 Å². The molecule has 0 saturated carbocycles. The van der Waals surface area contributed by atoms with Gasteiger partial charge in [-0.2, -0.15) is 0 Å². The number of rotatable bonds is 8. The number of morpholine rings is 1. The Hall–Kier alpha value is -5.15. The van der Waals surface area contributed by atoms with Gasteiger partial charge in [0.05, 0.1) is 32.4 Å². The summed E-state index contributed by atoms with van der Waals surface area (Å²) in [5, 5.41) is 13.9. The fraction of sp³-hybridized carbons (Fsp3) is 0.382. The molecule has 3 aliphatic rings. The standard InChI is InChI=1S/C34H33F2N7O6/c1-18-34(16-46-17-34)47-10-9-42(18)23-11-20(19-7-8-38-26(12-19)37-2)14-39-32(23)48-21-13-24(33(44)45)43(15-21)31-28-27(40-30(41-31)29(35)36)22-5-3-4-6-25(22)49-28/h3-8,11-12,14,18,21,24,29H,9-10,13,15-17H2,1-2H3,(H,37,38)(H,44,45)/t18-,21-,24-/m0/s1. The lowest BCUT2D eigenvalue weighted by atomic mass is 9.90. The first-order valence-corrected chi connectivity index (χ1v) is 16.0. The van der Waals surface area contributed by atoms with Gasteiger partial charge in [-0.25, -0.2) is 33.5 Å². The van der Waals surface area contributed by atoms with Crippen LogP contribution in [0.5, 0.6) is 5.88 Å². The molecule has 15 heteroatoms. The Labute approximate surface area is 278 Å². The number of halogens is 2. The SMILES string of the molecule is CNc1cc(-c2cnc(O[C@H]3C[C@@H](C(=O)O)N(c4nc(C(F)F)nc5c4oc4ccccc45)C3)c(N3CCOC4(COC4)[C@@H]3C)c2)ccn1. The maximum absolute atomic E-state index is 14.1. The van der Waals surface area contributed by atoms with Gasteiger partial charge in [-0.1, -0.05) is 12.1 Å². The summed E-state index contributed by atoms with van der Waals surface area (Å²) < 4.78 is 52.5. The van der Waals surface area contributed by atoms with Crippen molar-refractivity contribution in [3.63, 3.8) is 0 Å². The molecule has 0 bridgehead atoms. The molecule has 3 saturated heterocycles. The Kier molecular flexibility index (Phi) is 7.67. The van der Waals surface area contributed by atoms with Crippen LogP contribution in [0, 0.1) is 0 Å². The number of fused-ring (bicyclic) bond motifs is 3. The first kappa shape index (κ1) is 31.1. The zero-order chi connectivity index (χ0) is 33.9. The number of carboxylic acid groups (broad SMARTS) is 1. The van der Waals surface area contributed by atoms with Gasteiger partial charge in [0.15, 0.2) is 17.2 Å². The minimum Gasteiger partial charge on any atom is -0.480 e. The summed E-state index contributed by atoms with van der Waals surface area (Å²) >= 11 is 0. The van der Waals surface area contributed by atoms with Gasteiger partial charge in [0.25, 0.3) is 6.43 Å². The number of nitrogens with zero attached hydrogens (tertiary/aromatic N) is 6. The normalized spacial score (nSPS) is 21.9. The monoisotopic (exact) mass is 673 g/mol. The quantitative estimate of drug-likeness (QED) is 0.230. The molecule has 2 N–H and O–H groups in total. The van der Waals surface area contributed by atoms with Crippen molar-refractivity contribution >= 4 is 45.4 Å². The van der Waals surface area contributed by atoms with Gasteiger partial charge in [-0.05, 0) is 42.8 Å². The molecule has 4 aromatic heterocycles. The molecule has 0 aliphatic carbocycles. The minimum absolute atomic E-state index is 0.0229. The Morgan fingerprint density at radius 2 is 1.96 bits per heavy atom. The maximum Gasteiger partial charge on any atom is 0.326 e. The summed E-state index contributed by atoms with van der Waals surface area (Å²) in [6, 6.07) is 11.5. The van der Waals surface area contributed by atoms with E-state index in [-0.39, 0.29) is 35.9 Å². The number of benzene rings is 1. The number of nitrogens with one attached hydrogen (secondary N) is 1. The molecular weight excluding hydrogens is 640 g/mol. The number of aromatic nitrogens is 4. The highest BCUT2D eigenvalue weighted by Crippen LogP contribution is 2.42. The lowest BCUT2D eigenvalue weighted by Crippen LogP contribution is -2.68. The number of carbonyl (C=O) groups is 1. The molecular formula is C34H33F2N7O6. The van der Waals surface area contributed by atoms with Crippen LogP contribution in [0.1, 0.15) is 25.6 Å². The number of hydrogen-bond donors (Lipinski definition) is 2. The largest absolute Gasteiger partial charge is 0.480 e. The van der Waals surface area contributed by atoms with Gasteiger partial charge in [0, 0.05) is 43.4 Å². The van der Waals surface area contributed by atoms with E-state index in [0.717, 1.165) is 16.8 Å². The number of anilines is 3. The third kappa shape index (κ3) is 5.33. The van der Waals surface area contributed by atoms with E-state index in [9.17, 15) is 18.7 Å². The number of pyridine rings is 2. The van der Waals surface area contributed by atoms with Crippen molar-refractivity contribution in [1.82, 2.24) is 19.9 Å². The topological polar surface area (TPSA) is 148 Å². The average molecular weight is 674 g/mol. The Bertz CT molecular complexity index is 2060. The van der Waals surface area contributed by atoms with Gasteiger partial charge in [0.1, 0.15) is 40.4 Å². The first-order chi connectivity index (χ1) is 23.7. The summed E-state index contributed by atoms with van der Waals surface area (Å²) in [7, 11) is 1.80. The molecule has 0 amide bonds. The van der Waals surface area contributed by atoms with Crippen molar-refractivity contribution in [2.45, 2.75) is 43.6 Å². The van der Waals surface area contributed by atoms with Crippen LogP contribution in [0.2, 0.25) is 0 Å². The molecule has 5 aromatic rings. The van der Waals surface area contributed by atoms with E-state index < -0.39 is 36.0 Å². The molecule has 3 fully saturated rings. The van der Waals surface area contributed by atoms with Crippen LogP contribution in [0.4, 0.5) is 26.1 Å². The average Bonchev–Trinajstić information content (AvgIpc) is 3.69. The molecule has 3 atom stereocenters. The van der Waals surface area contributed by atoms with Crippen LogP contribution < -0.4 is 19.9 Å². The van der Waals surface area contributed by atoms with E-state index in [1.807, 2.05) is 18.2 Å². The predicted octanol–water partition coefficient (Wildman–Crippen LogP) is 4.92. The van der Waals surface area contributed by atoms with Gasteiger partial charge in [0.2, 0.25) is 5.88 Å². The second kappa shape index (κ2) is 12.1. The number of para-hydroxylation sites is 1. The fourth-order valence-corrected chi connectivity index (χ4v) is 6.94. The number of alkyl halides is 2. The summed E-state index contributed by atoms with van der Waals surface area (Å²) in [6.45, 7) is 4.09. The molecule has 7 heterocycles. The molecule has 49 heavy (non-hydrogen) atoms. The lowest BCUT2D eigenvalue weighted by Gasteiger charge is -2.53. The van der Waals surface area contributed by atoms with Gasteiger partial charge >= 0.3 is 5.97 Å². The second-order valence-corrected chi connectivity index (χ2v) is 12.5. The summed E-state index contributed by atoms with van der Waals surface area (Å²) in [4.78, 5) is 33.6. The van der Waals surface area contributed by atoms with Crippen molar-refractivity contribution in [3.05, 3.63) is 60.7 Å². The summed E-state index contributed by atoms with van der Waals surface area (Å²) in [6.07, 6.45) is -0.199. The molecule has 1 spiro atoms. The highest BCUT2D eigenvalue weighted by Gasteiger charge is 2.50. The first-order valence-electron chi connectivity index (χ1n) is 16.0. The zero-order valence-corrected chi connectivity index (χ0v) is 26.7. The number of aliphatic carboxylic acids is 1. The molecule has 8 rings (SSSR count). The lowest BCUT2D eigenvalue weighted by molar-refractivity contribution is -0.228. The van der Waals surface area contributed by atoms with Crippen molar-refractivity contribution in [1.29, 1.82) is 0 Å².